The van der Waals surface area contributed by atoms with E-state index in [1.54, 1.807) is 0 Å². The maximum Gasteiger partial charge on any atom is 0.254 e. The number of carbonyl (C=O) groups excluding carboxylic acids is 1. The average Bonchev–Trinajstić information content (AvgIpc) is 2.54. The van der Waals surface area contributed by atoms with Crippen LogP contribution in [0.2, 0.25) is 5.02 Å². The van der Waals surface area contributed by atoms with Gasteiger partial charge in [-0.25, -0.2) is 4.39 Å². The van der Waals surface area contributed by atoms with E-state index < -0.39 is 11.7 Å². The fourth-order valence-electron chi connectivity index (χ4n) is 2.60. The van der Waals surface area contributed by atoms with E-state index in [9.17, 15) is 9.18 Å². The zero-order valence-electron chi connectivity index (χ0n) is 12.9. The standard InChI is InChI=1S/C16H23ClFN3O/c1-2-20-8-10-21(11-9-20)7-3-6-19-16(22)14-12-13(17)4-5-15(14)18/h4-5,12H,2-3,6-11H2,1H3,(H,19,22). The molecule has 0 aliphatic carbocycles. The topological polar surface area (TPSA) is 35.6 Å². The van der Waals surface area contributed by atoms with Gasteiger partial charge in [0.2, 0.25) is 0 Å². The summed E-state index contributed by atoms with van der Waals surface area (Å²) in [4.78, 5) is 16.8. The first-order valence-corrected chi connectivity index (χ1v) is 8.16. The molecule has 1 heterocycles. The summed E-state index contributed by atoms with van der Waals surface area (Å²) in [6, 6.07) is 4.00. The van der Waals surface area contributed by atoms with Gasteiger partial charge in [-0.1, -0.05) is 18.5 Å². The van der Waals surface area contributed by atoms with Crippen LogP contribution in [0.3, 0.4) is 0 Å². The molecule has 0 spiro atoms. The van der Waals surface area contributed by atoms with Crippen LogP contribution < -0.4 is 5.32 Å². The van der Waals surface area contributed by atoms with Gasteiger partial charge in [0.05, 0.1) is 5.56 Å². The van der Waals surface area contributed by atoms with Crippen LogP contribution in [0.5, 0.6) is 0 Å². The average molecular weight is 328 g/mol. The highest BCUT2D eigenvalue weighted by Crippen LogP contribution is 2.14. The van der Waals surface area contributed by atoms with Gasteiger partial charge in [-0.15, -0.1) is 0 Å². The molecule has 1 aromatic rings. The molecule has 0 unspecified atom stereocenters. The Bertz CT molecular complexity index is 504. The minimum absolute atomic E-state index is 0.00376. The summed E-state index contributed by atoms with van der Waals surface area (Å²) in [6.07, 6.45) is 0.861. The summed E-state index contributed by atoms with van der Waals surface area (Å²) in [5.41, 5.74) is 0.00376. The van der Waals surface area contributed by atoms with Crippen LogP contribution in [-0.4, -0.2) is 61.5 Å². The molecule has 1 fully saturated rings. The lowest BCUT2D eigenvalue weighted by Gasteiger charge is -2.33. The molecule has 1 aromatic carbocycles. The molecule has 4 nitrogen and oxygen atoms in total. The lowest BCUT2D eigenvalue weighted by Crippen LogP contribution is -2.46. The Labute approximate surface area is 136 Å². The van der Waals surface area contributed by atoms with Crippen LogP contribution in [0.15, 0.2) is 18.2 Å². The summed E-state index contributed by atoms with van der Waals surface area (Å²) in [7, 11) is 0. The van der Waals surface area contributed by atoms with E-state index in [1.165, 1.54) is 18.2 Å². The third-order valence-electron chi connectivity index (χ3n) is 4.02. The van der Waals surface area contributed by atoms with Gasteiger partial charge in [-0.2, -0.15) is 0 Å². The fourth-order valence-corrected chi connectivity index (χ4v) is 2.77. The van der Waals surface area contributed by atoms with Crippen LogP contribution >= 0.6 is 11.6 Å². The van der Waals surface area contributed by atoms with E-state index in [4.69, 9.17) is 11.6 Å². The van der Waals surface area contributed by atoms with E-state index in [1.807, 2.05) is 0 Å². The molecule has 1 N–H and O–H groups in total. The van der Waals surface area contributed by atoms with Gasteiger partial charge in [0.1, 0.15) is 5.82 Å². The lowest BCUT2D eigenvalue weighted by molar-refractivity contribution is 0.0944. The predicted octanol–water partition coefficient (Wildman–Crippen LogP) is 2.24. The second-order valence-corrected chi connectivity index (χ2v) is 5.95. The van der Waals surface area contributed by atoms with Crippen molar-refractivity contribution in [2.24, 2.45) is 0 Å². The van der Waals surface area contributed by atoms with Crippen molar-refractivity contribution in [1.29, 1.82) is 0 Å². The number of hydrogen-bond donors (Lipinski definition) is 1. The number of nitrogens with zero attached hydrogens (tertiary/aromatic N) is 2. The van der Waals surface area contributed by atoms with E-state index in [0.29, 0.717) is 11.6 Å². The van der Waals surface area contributed by atoms with Gasteiger partial charge in [0.25, 0.3) is 5.91 Å². The number of halogens is 2. The lowest BCUT2D eigenvalue weighted by atomic mass is 10.2. The number of hydrogen-bond acceptors (Lipinski definition) is 3. The Morgan fingerprint density at radius 1 is 1.27 bits per heavy atom. The van der Waals surface area contributed by atoms with Crippen LogP contribution in [0.25, 0.3) is 0 Å². The Kier molecular flexibility index (Phi) is 6.61. The molecule has 2 rings (SSSR count). The molecular formula is C16H23ClFN3O. The quantitative estimate of drug-likeness (QED) is 0.814. The number of carbonyl (C=O) groups is 1. The highest BCUT2D eigenvalue weighted by Gasteiger charge is 2.15. The van der Waals surface area contributed by atoms with Crippen LogP contribution in [-0.2, 0) is 0 Å². The number of nitrogens with one attached hydrogen (secondary N) is 1. The number of rotatable bonds is 6. The summed E-state index contributed by atoms with van der Waals surface area (Å²) in [5, 5.41) is 3.11. The Morgan fingerprint density at radius 2 is 1.95 bits per heavy atom. The van der Waals surface area contributed by atoms with Gasteiger partial charge in [-0.3, -0.25) is 4.79 Å². The van der Waals surface area contributed by atoms with Crippen molar-refractivity contribution >= 4 is 17.5 Å². The number of benzene rings is 1. The molecule has 122 valence electrons. The fraction of sp³-hybridized carbons (Fsp3) is 0.562. The maximum absolute atomic E-state index is 13.6. The maximum atomic E-state index is 13.6. The van der Waals surface area contributed by atoms with Crippen molar-refractivity contribution < 1.29 is 9.18 Å². The predicted molar refractivity (Wildman–Crippen MR) is 86.9 cm³/mol. The van der Waals surface area contributed by atoms with Gasteiger partial charge in [-0.05, 0) is 37.7 Å². The molecular weight excluding hydrogens is 305 g/mol. The molecule has 22 heavy (non-hydrogen) atoms. The monoisotopic (exact) mass is 327 g/mol. The van der Waals surface area contributed by atoms with Gasteiger partial charge in [0, 0.05) is 37.7 Å². The summed E-state index contributed by atoms with van der Waals surface area (Å²) in [6.45, 7) is 9.15. The molecule has 1 saturated heterocycles. The second-order valence-electron chi connectivity index (χ2n) is 5.51. The van der Waals surface area contributed by atoms with Crippen molar-refractivity contribution in [3.63, 3.8) is 0 Å². The first-order valence-electron chi connectivity index (χ1n) is 7.78. The number of piperazine rings is 1. The van der Waals surface area contributed by atoms with Crippen molar-refractivity contribution in [2.75, 3.05) is 45.8 Å². The first-order chi connectivity index (χ1) is 10.6. The number of likely N-dealkylation sites (N-methyl/N-ethyl adjacent to an activating group) is 1. The summed E-state index contributed by atoms with van der Waals surface area (Å²) < 4.78 is 13.6. The van der Waals surface area contributed by atoms with Crippen LogP contribution in [0.4, 0.5) is 4.39 Å². The van der Waals surface area contributed by atoms with E-state index in [-0.39, 0.29) is 5.56 Å². The second kappa shape index (κ2) is 8.46. The van der Waals surface area contributed by atoms with Crippen LogP contribution in [0.1, 0.15) is 23.7 Å². The van der Waals surface area contributed by atoms with E-state index in [2.05, 4.69) is 22.0 Å². The van der Waals surface area contributed by atoms with E-state index in [0.717, 1.165) is 45.7 Å². The third kappa shape index (κ3) is 4.93. The normalized spacial score (nSPS) is 16.7. The molecule has 1 aliphatic rings. The Morgan fingerprint density at radius 3 is 2.64 bits per heavy atom. The highest BCUT2D eigenvalue weighted by molar-refractivity contribution is 6.30. The zero-order valence-corrected chi connectivity index (χ0v) is 13.7. The summed E-state index contributed by atoms with van der Waals surface area (Å²) >= 11 is 5.79. The molecule has 0 aromatic heterocycles. The molecule has 0 radical (unpaired) electrons. The van der Waals surface area contributed by atoms with E-state index >= 15 is 0 Å². The Balaban J connectivity index is 1.68. The third-order valence-corrected chi connectivity index (χ3v) is 4.26. The summed E-state index contributed by atoms with van der Waals surface area (Å²) in [5.74, 6) is -0.951. The smallest absolute Gasteiger partial charge is 0.254 e. The van der Waals surface area contributed by atoms with Crippen molar-refractivity contribution in [3.05, 3.63) is 34.6 Å². The molecule has 1 amide bonds. The number of amides is 1. The van der Waals surface area contributed by atoms with Crippen molar-refractivity contribution in [2.45, 2.75) is 13.3 Å². The highest BCUT2D eigenvalue weighted by atomic mass is 35.5. The molecule has 6 heteroatoms. The van der Waals surface area contributed by atoms with Gasteiger partial charge in [0.15, 0.2) is 0 Å². The van der Waals surface area contributed by atoms with Crippen LogP contribution in [0, 0.1) is 5.82 Å². The van der Waals surface area contributed by atoms with Gasteiger partial charge >= 0.3 is 0 Å². The molecule has 0 bridgehead atoms. The largest absolute Gasteiger partial charge is 0.352 e. The molecule has 0 saturated carbocycles. The molecule has 0 atom stereocenters. The minimum Gasteiger partial charge on any atom is -0.352 e. The van der Waals surface area contributed by atoms with Crippen molar-refractivity contribution in [3.8, 4) is 0 Å². The van der Waals surface area contributed by atoms with Crippen molar-refractivity contribution in [1.82, 2.24) is 15.1 Å². The molecule has 1 aliphatic heterocycles. The zero-order chi connectivity index (χ0) is 15.9. The Hall–Kier alpha value is -1.17. The van der Waals surface area contributed by atoms with Gasteiger partial charge < -0.3 is 15.1 Å². The minimum atomic E-state index is -0.544. The SMILES string of the molecule is CCN1CCN(CCCNC(=O)c2cc(Cl)ccc2F)CC1. The first kappa shape index (κ1) is 17.2.